The molecule has 0 radical (unpaired) electrons. The van der Waals surface area contributed by atoms with E-state index in [1.165, 1.54) is 0 Å². The summed E-state index contributed by atoms with van der Waals surface area (Å²) in [7, 11) is 0. The Labute approximate surface area is 187 Å². The van der Waals surface area contributed by atoms with E-state index in [4.69, 9.17) is 4.74 Å². The number of carboxylic acid groups (broad SMARTS) is 1. The molecule has 7 nitrogen and oxygen atoms in total. The van der Waals surface area contributed by atoms with Gasteiger partial charge in [0.15, 0.2) is 0 Å². The molecule has 168 valence electrons. The summed E-state index contributed by atoms with van der Waals surface area (Å²) in [6, 6.07) is 15.3. The van der Waals surface area contributed by atoms with Crippen molar-refractivity contribution in [1.29, 1.82) is 0 Å². The number of ether oxygens (including phenoxy) is 1. The maximum Gasteiger partial charge on any atom is 0.407 e. The highest BCUT2D eigenvalue weighted by molar-refractivity contribution is 5.93. The Morgan fingerprint density at radius 1 is 1.03 bits per heavy atom. The summed E-state index contributed by atoms with van der Waals surface area (Å²) < 4.78 is 5.55. The van der Waals surface area contributed by atoms with Gasteiger partial charge in [-0.1, -0.05) is 62.4 Å². The van der Waals surface area contributed by atoms with Crippen molar-refractivity contribution < 1.29 is 24.2 Å². The summed E-state index contributed by atoms with van der Waals surface area (Å²) >= 11 is 0. The lowest BCUT2D eigenvalue weighted by molar-refractivity contribution is -0.143. The lowest BCUT2D eigenvalue weighted by atomic mass is 9.98. The molecule has 0 heterocycles. The molecule has 0 aliphatic heterocycles. The molecule has 2 amide bonds. The molecule has 1 atom stereocenters. The number of alkyl carbamates (subject to hydrolysis) is 1. The fraction of sp³-hybridized carbons (Fsp3) is 0.400. The molecule has 1 saturated carbocycles. The van der Waals surface area contributed by atoms with Gasteiger partial charge in [-0.2, -0.15) is 0 Å². The summed E-state index contributed by atoms with van der Waals surface area (Å²) in [5, 5.41) is 14.6. The lowest BCUT2D eigenvalue weighted by Gasteiger charge is -2.23. The van der Waals surface area contributed by atoms with E-state index in [0.717, 1.165) is 22.3 Å². The first-order valence-corrected chi connectivity index (χ1v) is 11.0. The normalized spacial score (nSPS) is 16.6. The Balaban J connectivity index is 1.42. The zero-order valence-corrected chi connectivity index (χ0v) is 18.3. The maximum absolute atomic E-state index is 12.7. The minimum absolute atomic E-state index is 0.0766. The van der Waals surface area contributed by atoms with Crippen molar-refractivity contribution in [3.8, 4) is 11.1 Å². The van der Waals surface area contributed by atoms with E-state index in [1.54, 1.807) is 0 Å². The molecule has 2 aliphatic carbocycles. The fourth-order valence-corrected chi connectivity index (χ4v) is 4.33. The van der Waals surface area contributed by atoms with Crippen LogP contribution < -0.4 is 10.6 Å². The zero-order chi connectivity index (χ0) is 22.9. The minimum Gasteiger partial charge on any atom is -0.480 e. The van der Waals surface area contributed by atoms with E-state index >= 15 is 0 Å². The van der Waals surface area contributed by atoms with E-state index in [1.807, 2.05) is 50.2 Å². The number of carboxylic acids is 1. The Morgan fingerprint density at radius 3 is 2.09 bits per heavy atom. The Hall–Kier alpha value is -3.35. The standard InChI is InChI=1S/C25H28N2O5/c1-15(2)13-21(22(28)27-25(11-12-25)23(29)30)26-24(31)32-14-20-18-9-5-3-7-16(18)17-8-4-6-10-19(17)20/h3-10,15,20-21H,11-14H2,1-2H3,(H,26,31)(H,27,28)(H,29,30)/t21-/m0/s1. The average Bonchev–Trinajstić information content (AvgIpc) is 3.48. The van der Waals surface area contributed by atoms with Crippen LogP contribution in [-0.2, 0) is 14.3 Å². The second-order valence-electron chi connectivity index (χ2n) is 9.03. The predicted octanol–water partition coefficient (Wildman–Crippen LogP) is 3.67. The molecule has 3 N–H and O–H groups in total. The molecule has 1 fully saturated rings. The zero-order valence-electron chi connectivity index (χ0n) is 18.3. The van der Waals surface area contributed by atoms with Crippen molar-refractivity contribution in [1.82, 2.24) is 10.6 Å². The topological polar surface area (TPSA) is 105 Å². The second kappa shape index (κ2) is 8.65. The Kier molecular flexibility index (Phi) is 5.91. The van der Waals surface area contributed by atoms with Crippen LogP contribution in [0.5, 0.6) is 0 Å². The van der Waals surface area contributed by atoms with Crippen LogP contribution in [0.1, 0.15) is 50.2 Å². The third-order valence-corrected chi connectivity index (χ3v) is 6.18. The molecule has 0 aromatic heterocycles. The molecule has 4 rings (SSSR count). The van der Waals surface area contributed by atoms with Crippen molar-refractivity contribution >= 4 is 18.0 Å². The van der Waals surface area contributed by atoms with Gasteiger partial charge in [-0.15, -0.1) is 0 Å². The van der Waals surface area contributed by atoms with Crippen LogP contribution in [0.4, 0.5) is 4.79 Å². The highest BCUT2D eigenvalue weighted by Crippen LogP contribution is 2.44. The number of amides is 2. The largest absolute Gasteiger partial charge is 0.480 e. The third kappa shape index (κ3) is 4.33. The molecule has 0 saturated heterocycles. The summed E-state index contributed by atoms with van der Waals surface area (Å²) in [6.45, 7) is 4.02. The smallest absolute Gasteiger partial charge is 0.407 e. The lowest BCUT2D eigenvalue weighted by Crippen LogP contribution is -2.53. The monoisotopic (exact) mass is 436 g/mol. The van der Waals surface area contributed by atoms with Crippen LogP contribution in [0.25, 0.3) is 11.1 Å². The summed E-state index contributed by atoms with van der Waals surface area (Å²) in [5.74, 6) is -1.49. The van der Waals surface area contributed by atoms with E-state index in [-0.39, 0.29) is 18.4 Å². The highest BCUT2D eigenvalue weighted by atomic mass is 16.5. The van der Waals surface area contributed by atoms with Gasteiger partial charge >= 0.3 is 12.1 Å². The third-order valence-electron chi connectivity index (χ3n) is 6.18. The van der Waals surface area contributed by atoms with E-state index in [0.29, 0.717) is 19.3 Å². The van der Waals surface area contributed by atoms with Gasteiger partial charge in [-0.05, 0) is 47.4 Å². The molecule has 2 aromatic rings. The van der Waals surface area contributed by atoms with Gasteiger partial charge in [0.2, 0.25) is 5.91 Å². The van der Waals surface area contributed by atoms with Crippen molar-refractivity contribution in [3.63, 3.8) is 0 Å². The number of carbonyl (C=O) groups is 3. The maximum atomic E-state index is 12.7. The summed E-state index contributed by atoms with van der Waals surface area (Å²) in [4.78, 5) is 36.7. The molecule has 32 heavy (non-hydrogen) atoms. The van der Waals surface area contributed by atoms with Gasteiger partial charge in [-0.3, -0.25) is 4.79 Å². The molecule has 0 bridgehead atoms. The molecule has 2 aromatic carbocycles. The van der Waals surface area contributed by atoms with E-state index in [9.17, 15) is 19.5 Å². The Morgan fingerprint density at radius 2 is 1.59 bits per heavy atom. The molecule has 0 spiro atoms. The van der Waals surface area contributed by atoms with Gasteiger partial charge in [0, 0.05) is 5.92 Å². The number of fused-ring (bicyclic) bond motifs is 3. The number of carbonyl (C=O) groups excluding carboxylic acids is 2. The molecular weight excluding hydrogens is 408 g/mol. The van der Waals surface area contributed by atoms with Crippen LogP contribution in [0.2, 0.25) is 0 Å². The van der Waals surface area contributed by atoms with Crippen LogP contribution in [0, 0.1) is 5.92 Å². The number of nitrogens with one attached hydrogen (secondary N) is 2. The molecular formula is C25H28N2O5. The number of aliphatic carboxylic acids is 1. The van der Waals surface area contributed by atoms with Gasteiger partial charge in [-0.25, -0.2) is 9.59 Å². The van der Waals surface area contributed by atoms with Crippen LogP contribution >= 0.6 is 0 Å². The van der Waals surface area contributed by atoms with Crippen LogP contribution in [0.3, 0.4) is 0 Å². The average molecular weight is 437 g/mol. The first kappa shape index (κ1) is 21.9. The number of rotatable bonds is 8. The Bertz CT molecular complexity index is 999. The minimum atomic E-state index is -1.20. The van der Waals surface area contributed by atoms with Crippen molar-refractivity contribution in [3.05, 3.63) is 59.7 Å². The summed E-state index contributed by atoms with van der Waals surface area (Å²) in [5.41, 5.74) is 3.29. The number of benzene rings is 2. The summed E-state index contributed by atoms with van der Waals surface area (Å²) in [6.07, 6.45) is 0.486. The molecule has 2 aliphatic rings. The van der Waals surface area contributed by atoms with Gasteiger partial charge in [0.25, 0.3) is 0 Å². The molecule has 0 unspecified atom stereocenters. The SMILES string of the molecule is CC(C)C[C@H](NC(=O)OCC1c2ccccc2-c2ccccc21)C(=O)NC1(C(=O)O)CC1. The number of hydrogen-bond acceptors (Lipinski definition) is 4. The van der Waals surface area contributed by atoms with Gasteiger partial charge in [0.05, 0.1) is 0 Å². The van der Waals surface area contributed by atoms with E-state index in [2.05, 4.69) is 22.8 Å². The first-order valence-electron chi connectivity index (χ1n) is 11.0. The highest BCUT2D eigenvalue weighted by Gasteiger charge is 2.52. The van der Waals surface area contributed by atoms with Gasteiger partial charge in [0.1, 0.15) is 18.2 Å². The van der Waals surface area contributed by atoms with Crippen LogP contribution in [-0.4, -0.2) is 41.3 Å². The fourth-order valence-electron chi connectivity index (χ4n) is 4.33. The predicted molar refractivity (Wildman–Crippen MR) is 119 cm³/mol. The molecule has 7 heteroatoms. The van der Waals surface area contributed by atoms with E-state index < -0.39 is 29.6 Å². The first-order chi connectivity index (χ1) is 15.3. The van der Waals surface area contributed by atoms with Crippen molar-refractivity contribution in [2.24, 2.45) is 5.92 Å². The van der Waals surface area contributed by atoms with Gasteiger partial charge < -0.3 is 20.5 Å². The van der Waals surface area contributed by atoms with Crippen molar-refractivity contribution in [2.75, 3.05) is 6.61 Å². The van der Waals surface area contributed by atoms with Crippen LogP contribution in [0.15, 0.2) is 48.5 Å². The van der Waals surface area contributed by atoms with Crippen molar-refractivity contribution in [2.45, 2.75) is 50.6 Å². The quantitative estimate of drug-likeness (QED) is 0.586. The second-order valence-corrected chi connectivity index (χ2v) is 9.03. The number of hydrogen-bond donors (Lipinski definition) is 3.